The highest BCUT2D eigenvalue weighted by Crippen LogP contribution is 2.31. The molecule has 33 heavy (non-hydrogen) atoms. The number of amides is 2. The van der Waals surface area contributed by atoms with Crippen molar-refractivity contribution in [2.45, 2.75) is 47.1 Å². The summed E-state index contributed by atoms with van der Waals surface area (Å²) >= 11 is 0. The second kappa shape index (κ2) is 9.45. The Balaban J connectivity index is 1.44. The third-order valence-corrected chi connectivity index (χ3v) is 6.00. The van der Waals surface area contributed by atoms with E-state index in [1.807, 2.05) is 43.7 Å². The summed E-state index contributed by atoms with van der Waals surface area (Å²) in [6.45, 7) is 8.65. The molecule has 0 bridgehead atoms. The van der Waals surface area contributed by atoms with Gasteiger partial charge in [-0.15, -0.1) is 0 Å². The van der Waals surface area contributed by atoms with Crippen molar-refractivity contribution in [1.82, 2.24) is 9.78 Å². The van der Waals surface area contributed by atoms with Crippen LogP contribution in [-0.2, 0) is 16.1 Å². The standard InChI is InChI=1S/C27H30N4O2/c1-17-5-8-21(9-6-17)16-31-20(4)24(19(3)30-31)13-14-26(32)29-25-15-23(12-7-18(25)2)28-27(33)22-10-11-22/h5-9,12-15,22H,10-11,16H2,1-4H3,(H,28,33)(H,29,32). The van der Waals surface area contributed by atoms with E-state index in [9.17, 15) is 9.59 Å². The maximum absolute atomic E-state index is 12.6. The minimum atomic E-state index is -0.228. The Labute approximate surface area is 194 Å². The van der Waals surface area contributed by atoms with Gasteiger partial charge >= 0.3 is 0 Å². The third kappa shape index (κ3) is 5.58. The maximum atomic E-state index is 12.6. The van der Waals surface area contributed by atoms with Crippen molar-refractivity contribution in [3.8, 4) is 0 Å². The van der Waals surface area contributed by atoms with E-state index >= 15 is 0 Å². The molecule has 3 aromatic rings. The number of aryl methyl sites for hydroxylation is 3. The quantitative estimate of drug-likeness (QED) is 0.496. The molecule has 0 atom stereocenters. The fourth-order valence-electron chi connectivity index (χ4n) is 3.73. The van der Waals surface area contributed by atoms with Crippen molar-refractivity contribution in [2.75, 3.05) is 10.6 Å². The lowest BCUT2D eigenvalue weighted by Gasteiger charge is -2.10. The lowest BCUT2D eigenvalue weighted by atomic mass is 10.1. The number of aromatic nitrogens is 2. The molecule has 1 aromatic heterocycles. The molecule has 1 aliphatic rings. The molecule has 2 amide bonds. The van der Waals surface area contributed by atoms with Crippen LogP contribution in [0.5, 0.6) is 0 Å². The fraction of sp³-hybridized carbons (Fsp3) is 0.296. The molecule has 4 rings (SSSR count). The van der Waals surface area contributed by atoms with Gasteiger partial charge in [0.2, 0.25) is 11.8 Å². The van der Waals surface area contributed by atoms with Crippen LogP contribution in [0.1, 0.15) is 46.5 Å². The largest absolute Gasteiger partial charge is 0.326 e. The molecule has 1 heterocycles. The summed E-state index contributed by atoms with van der Waals surface area (Å²) in [6.07, 6.45) is 5.24. The summed E-state index contributed by atoms with van der Waals surface area (Å²) < 4.78 is 1.97. The number of nitrogens with zero attached hydrogens (tertiary/aromatic N) is 2. The van der Waals surface area contributed by atoms with Crippen LogP contribution in [-0.4, -0.2) is 21.6 Å². The van der Waals surface area contributed by atoms with Gasteiger partial charge in [-0.3, -0.25) is 14.3 Å². The Kier molecular flexibility index (Phi) is 6.45. The molecule has 0 radical (unpaired) electrons. The Morgan fingerprint density at radius 1 is 1.03 bits per heavy atom. The van der Waals surface area contributed by atoms with Crippen LogP contribution in [0.2, 0.25) is 0 Å². The summed E-state index contributed by atoms with van der Waals surface area (Å²) in [5.41, 5.74) is 7.56. The minimum absolute atomic E-state index is 0.0459. The average Bonchev–Trinajstić information content (AvgIpc) is 3.59. The van der Waals surface area contributed by atoms with E-state index in [0.29, 0.717) is 17.9 Å². The Morgan fingerprint density at radius 3 is 2.45 bits per heavy atom. The number of anilines is 2. The van der Waals surface area contributed by atoms with Gasteiger partial charge in [-0.25, -0.2) is 0 Å². The molecule has 1 saturated carbocycles. The first-order chi connectivity index (χ1) is 15.8. The molecule has 6 nitrogen and oxygen atoms in total. The molecular formula is C27H30N4O2. The highest BCUT2D eigenvalue weighted by molar-refractivity contribution is 6.03. The summed E-state index contributed by atoms with van der Waals surface area (Å²) in [7, 11) is 0. The molecule has 2 N–H and O–H groups in total. The Bertz CT molecular complexity index is 1220. The van der Waals surface area contributed by atoms with Crippen LogP contribution >= 0.6 is 0 Å². The monoisotopic (exact) mass is 442 g/mol. The number of hydrogen-bond acceptors (Lipinski definition) is 3. The topological polar surface area (TPSA) is 76.0 Å². The first-order valence-corrected chi connectivity index (χ1v) is 11.3. The van der Waals surface area contributed by atoms with E-state index in [1.165, 1.54) is 17.2 Å². The lowest BCUT2D eigenvalue weighted by molar-refractivity contribution is -0.117. The zero-order chi connectivity index (χ0) is 23.5. The molecule has 6 heteroatoms. The van der Waals surface area contributed by atoms with E-state index in [-0.39, 0.29) is 17.7 Å². The zero-order valence-electron chi connectivity index (χ0n) is 19.6. The van der Waals surface area contributed by atoms with Crippen LogP contribution in [0.25, 0.3) is 6.08 Å². The van der Waals surface area contributed by atoms with Gasteiger partial charge in [-0.05, 0) is 69.9 Å². The van der Waals surface area contributed by atoms with Gasteiger partial charge in [-0.1, -0.05) is 35.9 Å². The fourth-order valence-corrected chi connectivity index (χ4v) is 3.73. The van der Waals surface area contributed by atoms with Crippen LogP contribution in [0.4, 0.5) is 11.4 Å². The van der Waals surface area contributed by atoms with Crippen molar-refractivity contribution in [3.63, 3.8) is 0 Å². The van der Waals surface area contributed by atoms with Crippen LogP contribution in [0.3, 0.4) is 0 Å². The van der Waals surface area contributed by atoms with E-state index in [0.717, 1.165) is 35.4 Å². The SMILES string of the molecule is Cc1ccc(Cn2nc(C)c(C=CC(=O)Nc3cc(NC(=O)C4CC4)ccc3C)c2C)cc1. The molecule has 0 unspecified atom stereocenters. The van der Waals surface area contributed by atoms with E-state index in [4.69, 9.17) is 0 Å². The lowest BCUT2D eigenvalue weighted by Crippen LogP contribution is -2.14. The summed E-state index contributed by atoms with van der Waals surface area (Å²) in [6, 6.07) is 14.0. The maximum Gasteiger partial charge on any atom is 0.248 e. The number of benzene rings is 2. The van der Waals surface area contributed by atoms with Crippen LogP contribution < -0.4 is 10.6 Å². The third-order valence-electron chi connectivity index (χ3n) is 6.00. The van der Waals surface area contributed by atoms with Gasteiger partial charge in [0.1, 0.15) is 0 Å². The van der Waals surface area contributed by atoms with Gasteiger partial charge in [0.15, 0.2) is 0 Å². The molecule has 1 aliphatic carbocycles. The van der Waals surface area contributed by atoms with Gasteiger partial charge in [-0.2, -0.15) is 5.10 Å². The zero-order valence-corrected chi connectivity index (χ0v) is 19.6. The summed E-state index contributed by atoms with van der Waals surface area (Å²) in [5.74, 6) is -0.0517. The predicted molar refractivity (Wildman–Crippen MR) is 132 cm³/mol. The first kappa shape index (κ1) is 22.5. The van der Waals surface area contributed by atoms with Gasteiger partial charge in [0.05, 0.1) is 12.2 Å². The van der Waals surface area contributed by atoms with Crippen molar-refractivity contribution in [3.05, 3.63) is 82.2 Å². The molecule has 0 aliphatic heterocycles. The predicted octanol–water partition coefficient (Wildman–Crippen LogP) is 5.17. The average molecular weight is 443 g/mol. The highest BCUT2D eigenvalue weighted by Gasteiger charge is 2.29. The Morgan fingerprint density at radius 2 is 1.76 bits per heavy atom. The highest BCUT2D eigenvalue weighted by atomic mass is 16.2. The van der Waals surface area contributed by atoms with E-state index < -0.39 is 0 Å². The summed E-state index contributed by atoms with van der Waals surface area (Å²) in [4.78, 5) is 24.7. The number of rotatable bonds is 7. The van der Waals surface area contributed by atoms with Crippen molar-refractivity contribution >= 4 is 29.3 Å². The molecular weight excluding hydrogens is 412 g/mol. The van der Waals surface area contributed by atoms with Gasteiger partial charge in [0, 0.05) is 34.6 Å². The van der Waals surface area contributed by atoms with E-state index in [2.05, 4.69) is 46.9 Å². The number of carbonyl (C=O) groups is 2. The van der Waals surface area contributed by atoms with Gasteiger partial charge < -0.3 is 10.6 Å². The minimum Gasteiger partial charge on any atom is -0.326 e. The molecule has 0 spiro atoms. The first-order valence-electron chi connectivity index (χ1n) is 11.3. The number of nitrogens with one attached hydrogen (secondary N) is 2. The van der Waals surface area contributed by atoms with Crippen molar-refractivity contribution in [2.24, 2.45) is 5.92 Å². The smallest absolute Gasteiger partial charge is 0.248 e. The van der Waals surface area contributed by atoms with E-state index in [1.54, 1.807) is 6.07 Å². The second-order valence-corrected chi connectivity index (χ2v) is 8.84. The molecule has 2 aromatic carbocycles. The van der Waals surface area contributed by atoms with Crippen molar-refractivity contribution in [1.29, 1.82) is 0 Å². The Hall–Kier alpha value is -3.67. The van der Waals surface area contributed by atoms with Crippen LogP contribution in [0.15, 0.2) is 48.5 Å². The molecule has 0 saturated heterocycles. The normalized spacial score (nSPS) is 13.3. The number of carbonyl (C=O) groups excluding carboxylic acids is 2. The van der Waals surface area contributed by atoms with Gasteiger partial charge in [0.25, 0.3) is 0 Å². The molecule has 1 fully saturated rings. The second-order valence-electron chi connectivity index (χ2n) is 8.84. The van der Waals surface area contributed by atoms with Crippen LogP contribution in [0, 0.1) is 33.6 Å². The molecule has 170 valence electrons. The van der Waals surface area contributed by atoms with Crippen molar-refractivity contribution < 1.29 is 9.59 Å². The number of hydrogen-bond donors (Lipinski definition) is 2. The summed E-state index contributed by atoms with van der Waals surface area (Å²) in [5, 5.41) is 10.5.